The second-order valence-corrected chi connectivity index (χ2v) is 8.60. The monoisotopic (exact) mass is 482 g/mol. The van der Waals surface area contributed by atoms with E-state index in [2.05, 4.69) is 4.98 Å². The van der Waals surface area contributed by atoms with Crippen molar-refractivity contribution in [3.8, 4) is 45.3 Å². The minimum absolute atomic E-state index is 0.0841. The Labute approximate surface area is 213 Å². The molecule has 37 heavy (non-hydrogen) atoms. The molecule has 0 fully saturated rings. The summed E-state index contributed by atoms with van der Waals surface area (Å²) in [6.45, 7) is 0. The number of nitrogens with one attached hydrogen (secondary N) is 1. The van der Waals surface area contributed by atoms with Crippen LogP contribution in [0.25, 0.3) is 44.5 Å². The third-order valence-electron chi connectivity index (χ3n) is 6.32. The van der Waals surface area contributed by atoms with Gasteiger partial charge in [0.15, 0.2) is 5.75 Å². The molecule has 5 heteroatoms. The zero-order chi connectivity index (χ0) is 25.2. The van der Waals surface area contributed by atoms with Gasteiger partial charge in [0.1, 0.15) is 17.0 Å². The summed E-state index contributed by atoms with van der Waals surface area (Å²) >= 11 is 0. The molecule has 0 spiro atoms. The summed E-state index contributed by atoms with van der Waals surface area (Å²) in [5.74, 6) is -0.282. The van der Waals surface area contributed by atoms with E-state index in [0.29, 0.717) is 11.4 Å². The predicted molar refractivity (Wildman–Crippen MR) is 146 cm³/mol. The van der Waals surface area contributed by atoms with Gasteiger partial charge in [-0.15, -0.1) is 0 Å². The van der Waals surface area contributed by atoms with Crippen molar-refractivity contribution in [1.29, 1.82) is 0 Å². The number of hydrogen-bond donors (Lipinski definition) is 2. The van der Waals surface area contributed by atoms with Gasteiger partial charge in [-0.05, 0) is 34.7 Å². The fraction of sp³-hybridized carbons (Fsp3) is 0. The number of pyridine rings is 1. The van der Waals surface area contributed by atoms with Gasteiger partial charge in [0.25, 0.3) is 0 Å². The predicted octanol–water partition coefficient (Wildman–Crippen LogP) is 8.05. The largest absolute Gasteiger partial charge is 0.478 e. The number of aromatic carboxylic acids is 1. The van der Waals surface area contributed by atoms with Crippen molar-refractivity contribution in [3.05, 3.63) is 127 Å². The summed E-state index contributed by atoms with van der Waals surface area (Å²) < 4.78 is 6.54. The molecule has 4 aromatic carbocycles. The smallest absolute Gasteiger partial charge is 0.339 e. The van der Waals surface area contributed by atoms with E-state index in [0.717, 1.165) is 38.9 Å². The SMILES string of the molecule is O=C(O)c1ccccc1Oc1c(-c2nccc3ccccc23)[nH]c(-c2ccccc2)c1-c1ccccc1. The molecule has 0 radical (unpaired) electrons. The fourth-order valence-corrected chi connectivity index (χ4v) is 4.61. The maximum atomic E-state index is 12.0. The molecule has 2 N–H and O–H groups in total. The molecule has 0 amide bonds. The van der Waals surface area contributed by atoms with Gasteiger partial charge in [-0.1, -0.05) is 97.1 Å². The van der Waals surface area contributed by atoms with Gasteiger partial charge in [-0.3, -0.25) is 4.98 Å². The zero-order valence-electron chi connectivity index (χ0n) is 19.8. The van der Waals surface area contributed by atoms with Crippen molar-refractivity contribution in [2.45, 2.75) is 0 Å². The second kappa shape index (κ2) is 9.47. The number of fused-ring (bicyclic) bond motifs is 1. The number of ether oxygens (including phenoxy) is 1. The van der Waals surface area contributed by atoms with Crippen LogP contribution in [0, 0.1) is 0 Å². The first kappa shape index (κ1) is 22.3. The average Bonchev–Trinajstić information content (AvgIpc) is 3.32. The number of H-pyrrole nitrogens is 1. The van der Waals surface area contributed by atoms with E-state index in [1.54, 1.807) is 30.5 Å². The molecular formula is C32H22N2O3. The number of aromatic amines is 1. The number of nitrogens with zero attached hydrogens (tertiary/aromatic N) is 1. The molecule has 2 aromatic heterocycles. The van der Waals surface area contributed by atoms with Gasteiger partial charge in [-0.2, -0.15) is 0 Å². The van der Waals surface area contributed by atoms with Crippen molar-refractivity contribution in [3.63, 3.8) is 0 Å². The number of carboxylic acids is 1. The highest BCUT2D eigenvalue weighted by Gasteiger charge is 2.26. The molecule has 0 unspecified atom stereocenters. The third kappa shape index (κ3) is 4.13. The fourth-order valence-electron chi connectivity index (χ4n) is 4.61. The summed E-state index contributed by atoms with van der Waals surface area (Å²) in [5.41, 5.74) is 5.09. The lowest BCUT2D eigenvalue weighted by atomic mass is 9.99. The number of carbonyl (C=O) groups is 1. The Morgan fingerprint density at radius 3 is 2.11 bits per heavy atom. The quantitative estimate of drug-likeness (QED) is 0.252. The van der Waals surface area contributed by atoms with E-state index in [9.17, 15) is 9.90 Å². The van der Waals surface area contributed by atoms with Crippen LogP contribution >= 0.6 is 0 Å². The van der Waals surface area contributed by atoms with E-state index < -0.39 is 5.97 Å². The Morgan fingerprint density at radius 1 is 0.703 bits per heavy atom. The standard InChI is InChI=1S/C32H22N2O3/c35-32(36)25-17-9-10-18-26(25)37-31-27(22-12-3-1-4-13-22)28(23-14-5-2-6-15-23)34-30(31)29-24-16-8-7-11-21(24)19-20-33-29/h1-20,34H,(H,35,36). The van der Waals surface area contributed by atoms with Crippen molar-refractivity contribution >= 4 is 16.7 Å². The van der Waals surface area contributed by atoms with E-state index in [-0.39, 0.29) is 11.3 Å². The Balaban J connectivity index is 1.70. The molecule has 6 aromatic rings. The van der Waals surface area contributed by atoms with Crippen LogP contribution in [0.1, 0.15) is 10.4 Å². The van der Waals surface area contributed by atoms with Crippen molar-refractivity contribution in [2.24, 2.45) is 0 Å². The van der Waals surface area contributed by atoms with Gasteiger partial charge in [0.2, 0.25) is 0 Å². The average molecular weight is 483 g/mol. The Kier molecular flexibility index (Phi) is 5.71. The molecule has 0 aliphatic heterocycles. The highest BCUT2D eigenvalue weighted by Crippen LogP contribution is 2.48. The number of hydrogen-bond acceptors (Lipinski definition) is 3. The first-order valence-electron chi connectivity index (χ1n) is 11.9. The van der Waals surface area contributed by atoms with Crippen LogP contribution in [0.4, 0.5) is 0 Å². The normalized spacial score (nSPS) is 10.9. The molecule has 0 aliphatic carbocycles. The first-order valence-corrected chi connectivity index (χ1v) is 11.9. The first-order chi connectivity index (χ1) is 18.2. The number of rotatable bonds is 6. The van der Waals surface area contributed by atoms with Gasteiger partial charge in [0, 0.05) is 11.6 Å². The van der Waals surface area contributed by atoms with Crippen LogP contribution < -0.4 is 4.74 Å². The van der Waals surface area contributed by atoms with Crippen molar-refractivity contribution < 1.29 is 14.6 Å². The van der Waals surface area contributed by atoms with Crippen molar-refractivity contribution in [1.82, 2.24) is 9.97 Å². The summed E-state index contributed by atoms with van der Waals surface area (Å²) in [6, 6.07) is 36.7. The van der Waals surface area contributed by atoms with E-state index in [1.807, 2.05) is 91.0 Å². The molecule has 0 aliphatic rings. The number of benzene rings is 4. The van der Waals surface area contributed by atoms with Gasteiger partial charge in [-0.25, -0.2) is 4.79 Å². The third-order valence-corrected chi connectivity index (χ3v) is 6.32. The summed E-state index contributed by atoms with van der Waals surface area (Å²) in [7, 11) is 0. The number of para-hydroxylation sites is 1. The van der Waals surface area contributed by atoms with Gasteiger partial charge >= 0.3 is 5.97 Å². The van der Waals surface area contributed by atoms with Crippen LogP contribution in [0.3, 0.4) is 0 Å². The molecule has 5 nitrogen and oxygen atoms in total. The van der Waals surface area contributed by atoms with E-state index >= 15 is 0 Å². The lowest BCUT2D eigenvalue weighted by molar-refractivity contribution is 0.0694. The highest BCUT2D eigenvalue weighted by atomic mass is 16.5. The van der Waals surface area contributed by atoms with Crippen LogP contribution in [-0.2, 0) is 0 Å². The van der Waals surface area contributed by atoms with Crippen molar-refractivity contribution in [2.75, 3.05) is 0 Å². The Hall–Kier alpha value is -5.16. The van der Waals surface area contributed by atoms with Crippen LogP contribution in [0.2, 0.25) is 0 Å². The van der Waals surface area contributed by atoms with Crippen LogP contribution in [0.15, 0.2) is 121 Å². The maximum Gasteiger partial charge on any atom is 0.339 e. The minimum Gasteiger partial charge on any atom is -0.478 e. The molecule has 0 atom stereocenters. The van der Waals surface area contributed by atoms with Gasteiger partial charge < -0.3 is 14.8 Å². The lowest BCUT2D eigenvalue weighted by Gasteiger charge is -2.13. The summed E-state index contributed by atoms with van der Waals surface area (Å²) in [6.07, 6.45) is 1.78. The summed E-state index contributed by atoms with van der Waals surface area (Å²) in [5, 5.41) is 11.8. The second-order valence-electron chi connectivity index (χ2n) is 8.60. The highest BCUT2D eigenvalue weighted by molar-refractivity contribution is 6.00. The molecule has 0 saturated carbocycles. The molecular weight excluding hydrogens is 460 g/mol. The molecule has 0 bridgehead atoms. The zero-order valence-corrected chi connectivity index (χ0v) is 19.8. The maximum absolute atomic E-state index is 12.0. The molecule has 0 saturated heterocycles. The lowest BCUT2D eigenvalue weighted by Crippen LogP contribution is -2.00. The number of carboxylic acid groups (broad SMARTS) is 1. The van der Waals surface area contributed by atoms with Crippen LogP contribution in [0.5, 0.6) is 11.5 Å². The topological polar surface area (TPSA) is 75.2 Å². The van der Waals surface area contributed by atoms with Gasteiger partial charge in [0.05, 0.1) is 17.0 Å². The van der Waals surface area contributed by atoms with E-state index in [4.69, 9.17) is 9.72 Å². The Morgan fingerprint density at radius 2 is 1.35 bits per heavy atom. The summed E-state index contributed by atoms with van der Waals surface area (Å²) in [4.78, 5) is 20.4. The molecule has 6 rings (SSSR count). The van der Waals surface area contributed by atoms with E-state index in [1.165, 1.54) is 0 Å². The molecule has 2 heterocycles. The minimum atomic E-state index is -1.06. The molecule has 178 valence electrons. The van der Waals surface area contributed by atoms with Crippen LogP contribution in [-0.4, -0.2) is 21.0 Å². The Bertz CT molecular complexity index is 1720. The number of aromatic nitrogens is 2.